The molecule has 4 nitrogen and oxygen atoms in total. The maximum absolute atomic E-state index is 13.5. The molecule has 0 bridgehead atoms. The van der Waals surface area contributed by atoms with Crippen molar-refractivity contribution >= 4 is 11.9 Å². The number of hydrogen-bond donors (Lipinski definition) is 0. The van der Waals surface area contributed by atoms with Crippen LogP contribution in [0.5, 0.6) is 0 Å². The van der Waals surface area contributed by atoms with Crippen LogP contribution in [0.3, 0.4) is 0 Å². The molecule has 200 valence electrons. The van der Waals surface area contributed by atoms with Gasteiger partial charge in [0.15, 0.2) is 0 Å². The third-order valence-electron chi connectivity index (χ3n) is 6.17. The second kappa shape index (κ2) is 21.3. The van der Waals surface area contributed by atoms with E-state index in [9.17, 15) is 18.4 Å². The van der Waals surface area contributed by atoms with Crippen molar-refractivity contribution in [3.63, 3.8) is 0 Å². The molecule has 6 heteroatoms. The molecule has 0 aromatic heterocycles. The van der Waals surface area contributed by atoms with Crippen molar-refractivity contribution in [1.82, 2.24) is 0 Å². The predicted molar refractivity (Wildman–Crippen MR) is 136 cm³/mol. The largest absolute Gasteiger partial charge is 0.466 e. The van der Waals surface area contributed by atoms with Crippen LogP contribution in [0.25, 0.3) is 0 Å². The van der Waals surface area contributed by atoms with Gasteiger partial charge in [0, 0.05) is 18.4 Å². The summed E-state index contributed by atoms with van der Waals surface area (Å²) in [5.74, 6) is -2.08. The number of unbranched alkanes of at least 4 members (excludes halogenated alkanes) is 14. The van der Waals surface area contributed by atoms with Crippen LogP contribution in [-0.4, -0.2) is 18.5 Å². The van der Waals surface area contributed by atoms with Crippen molar-refractivity contribution < 1.29 is 27.8 Å². The molecule has 0 saturated heterocycles. The van der Waals surface area contributed by atoms with E-state index in [4.69, 9.17) is 9.47 Å². The molecular formula is C29H46F2O4. The molecule has 0 unspecified atom stereocenters. The van der Waals surface area contributed by atoms with Crippen LogP contribution in [0.4, 0.5) is 8.78 Å². The zero-order valence-corrected chi connectivity index (χ0v) is 21.8. The highest BCUT2D eigenvalue weighted by Gasteiger charge is 2.10. The Kier molecular flexibility index (Phi) is 18.9. The van der Waals surface area contributed by atoms with Crippen LogP contribution in [0.1, 0.15) is 128 Å². The minimum atomic E-state index is -0.624. The zero-order valence-electron chi connectivity index (χ0n) is 21.8. The average molecular weight is 497 g/mol. The van der Waals surface area contributed by atoms with Crippen LogP contribution >= 0.6 is 0 Å². The predicted octanol–water partition coefficient (Wildman–Crippen LogP) is 8.59. The lowest BCUT2D eigenvalue weighted by Gasteiger charge is -2.07. The van der Waals surface area contributed by atoms with Crippen LogP contribution in [0.15, 0.2) is 18.2 Å². The van der Waals surface area contributed by atoms with Gasteiger partial charge in [-0.2, -0.15) is 0 Å². The van der Waals surface area contributed by atoms with Gasteiger partial charge in [-0.1, -0.05) is 96.8 Å². The number of halogens is 2. The van der Waals surface area contributed by atoms with Crippen molar-refractivity contribution in [3.05, 3.63) is 35.4 Å². The molecule has 1 aromatic rings. The van der Waals surface area contributed by atoms with Gasteiger partial charge in [0.2, 0.25) is 0 Å². The van der Waals surface area contributed by atoms with Gasteiger partial charge in [-0.3, -0.25) is 9.59 Å². The van der Waals surface area contributed by atoms with E-state index in [2.05, 4.69) is 6.92 Å². The lowest BCUT2D eigenvalue weighted by molar-refractivity contribution is -0.146. The van der Waals surface area contributed by atoms with E-state index in [-0.39, 0.29) is 31.0 Å². The first-order valence-corrected chi connectivity index (χ1v) is 13.8. The molecule has 0 aliphatic heterocycles. The van der Waals surface area contributed by atoms with Crippen molar-refractivity contribution in [2.75, 3.05) is 6.61 Å². The average Bonchev–Trinajstić information content (AvgIpc) is 2.84. The summed E-state index contributed by atoms with van der Waals surface area (Å²) in [6.07, 6.45) is 19.8. The minimum Gasteiger partial charge on any atom is -0.466 e. The molecule has 0 aliphatic rings. The van der Waals surface area contributed by atoms with Crippen molar-refractivity contribution in [1.29, 1.82) is 0 Å². The third kappa shape index (κ3) is 18.0. The van der Waals surface area contributed by atoms with Crippen molar-refractivity contribution in [2.45, 2.75) is 129 Å². The minimum absolute atomic E-state index is 0.0127. The molecule has 1 rings (SSSR count). The normalized spacial score (nSPS) is 10.9. The Labute approximate surface area is 211 Å². The highest BCUT2D eigenvalue weighted by molar-refractivity contribution is 5.72. The number of hydrogen-bond acceptors (Lipinski definition) is 4. The van der Waals surface area contributed by atoms with Gasteiger partial charge in [0.1, 0.15) is 18.2 Å². The number of ether oxygens (including phenoxy) is 2. The summed E-state index contributed by atoms with van der Waals surface area (Å²) >= 11 is 0. The molecule has 0 fully saturated rings. The lowest BCUT2D eigenvalue weighted by Crippen LogP contribution is -2.09. The SMILES string of the molecule is CCCCCCCCCCCCCCCCCOC(=O)CCCC(=O)OCc1cc(F)ccc1F. The van der Waals surface area contributed by atoms with E-state index in [0.717, 1.165) is 31.0 Å². The molecule has 0 radical (unpaired) electrons. The molecule has 0 atom stereocenters. The van der Waals surface area contributed by atoms with E-state index in [1.807, 2.05) is 0 Å². The van der Waals surface area contributed by atoms with Gasteiger partial charge < -0.3 is 9.47 Å². The number of carbonyl (C=O) groups excluding carboxylic acids is 2. The molecule has 0 heterocycles. The van der Waals surface area contributed by atoms with Crippen molar-refractivity contribution in [3.8, 4) is 0 Å². The lowest BCUT2D eigenvalue weighted by atomic mass is 10.0. The Morgan fingerprint density at radius 3 is 1.69 bits per heavy atom. The fourth-order valence-electron chi connectivity index (χ4n) is 3.99. The zero-order chi connectivity index (χ0) is 25.6. The fraction of sp³-hybridized carbons (Fsp3) is 0.724. The van der Waals surface area contributed by atoms with Crippen LogP contribution in [-0.2, 0) is 25.7 Å². The quantitative estimate of drug-likeness (QED) is 0.119. The van der Waals surface area contributed by atoms with Crippen LogP contribution in [0, 0.1) is 11.6 Å². The van der Waals surface area contributed by atoms with Gasteiger partial charge in [0.05, 0.1) is 6.61 Å². The first-order chi connectivity index (χ1) is 17.0. The topological polar surface area (TPSA) is 52.6 Å². The maximum atomic E-state index is 13.5. The van der Waals surface area contributed by atoms with E-state index in [1.54, 1.807) is 0 Å². The summed E-state index contributed by atoms with van der Waals surface area (Å²) < 4.78 is 36.8. The van der Waals surface area contributed by atoms with E-state index in [0.29, 0.717) is 13.0 Å². The highest BCUT2D eigenvalue weighted by Crippen LogP contribution is 2.14. The summed E-state index contributed by atoms with van der Waals surface area (Å²) in [4.78, 5) is 23.5. The molecule has 0 aliphatic carbocycles. The van der Waals surface area contributed by atoms with Gasteiger partial charge in [0.25, 0.3) is 0 Å². The Bertz CT molecular complexity index is 693. The van der Waals surface area contributed by atoms with Gasteiger partial charge in [-0.15, -0.1) is 0 Å². The fourth-order valence-corrected chi connectivity index (χ4v) is 3.99. The second-order valence-electron chi connectivity index (χ2n) is 9.42. The molecule has 0 N–H and O–H groups in total. The van der Waals surface area contributed by atoms with Gasteiger partial charge in [-0.25, -0.2) is 8.78 Å². The third-order valence-corrected chi connectivity index (χ3v) is 6.17. The van der Waals surface area contributed by atoms with E-state index >= 15 is 0 Å². The molecule has 0 saturated carbocycles. The van der Waals surface area contributed by atoms with Crippen LogP contribution < -0.4 is 0 Å². The Morgan fingerprint density at radius 1 is 0.657 bits per heavy atom. The summed E-state index contributed by atoms with van der Waals surface area (Å²) in [5, 5.41) is 0. The van der Waals surface area contributed by atoms with Crippen molar-refractivity contribution in [2.24, 2.45) is 0 Å². The monoisotopic (exact) mass is 496 g/mol. The number of rotatable bonds is 22. The number of esters is 2. The van der Waals surface area contributed by atoms with Crippen LogP contribution in [0.2, 0.25) is 0 Å². The first-order valence-electron chi connectivity index (χ1n) is 13.8. The van der Waals surface area contributed by atoms with Gasteiger partial charge >= 0.3 is 11.9 Å². The van der Waals surface area contributed by atoms with E-state index < -0.39 is 17.6 Å². The summed E-state index contributed by atoms with van der Waals surface area (Å²) in [6, 6.07) is 3.00. The molecule has 1 aromatic carbocycles. The maximum Gasteiger partial charge on any atom is 0.306 e. The standard InChI is InChI=1S/C29H46F2O4/c1-2-3-4-5-6-7-8-9-10-11-12-13-14-15-16-22-34-28(32)18-17-19-29(33)35-24-25-23-26(30)20-21-27(25)31/h20-21,23H,2-19,22,24H2,1H3. The Hall–Kier alpha value is -1.98. The summed E-state index contributed by atoms with van der Waals surface area (Å²) in [7, 11) is 0. The second-order valence-corrected chi connectivity index (χ2v) is 9.42. The summed E-state index contributed by atoms with van der Waals surface area (Å²) in [5.41, 5.74) is -0.0127. The Balaban J connectivity index is 1.85. The molecule has 0 amide bonds. The smallest absolute Gasteiger partial charge is 0.306 e. The molecular weight excluding hydrogens is 450 g/mol. The first kappa shape index (κ1) is 31.1. The van der Waals surface area contributed by atoms with Gasteiger partial charge in [-0.05, 0) is 31.0 Å². The molecule has 0 spiro atoms. The number of benzene rings is 1. The number of carbonyl (C=O) groups is 2. The Morgan fingerprint density at radius 2 is 1.14 bits per heavy atom. The van der Waals surface area contributed by atoms with E-state index in [1.165, 1.54) is 83.5 Å². The summed E-state index contributed by atoms with van der Waals surface area (Å²) in [6.45, 7) is 2.35. The molecule has 35 heavy (non-hydrogen) atoms. The highest BCUT2D eigenvalue weighted by atomic mass is 19.1.